The van der Waals surface area contributed by atoms with Gasteiger partial charge in [0.2, 0.25) is 0 Å². The molecular weight excluding hydrogens is 204 g/mol. The van der Waals surface area contributed by atoms with E-state index < -0.39 is 0 Å². The molecule has 82 valence electrons. The standard InChI is InChI=1S/C12H12N2O2/c1-10(15)16-14-8-7-13-12(14)9-11-5-3-2-4-6-11/h2-8H,9H2,1H3. The molecule has 0 aliphatic heterocycles. The summed E-state index contributed by atoms with van der Waals surface area (Å²) in [6.07, 6.45) is 3.88. The van der Waals surface area contributed by atoms with E-state index in [9.17, 15) is 4.79 Å². The van der Waals surface area contributed by atoms with E-state index in [1.807, 2.05) is 30.3 Å². The first-order chi connectivity index (χ1) is 7.75. The molecule has 0 saturated heterocycles. The summed E-state index contributed by atoms with van der Waals surface area (Å²) in [5, 5.41) is 0. The molecule has 0 bridgehead atoms. The van der Waals surface area contributed by atoms with E-state index in [4.69, 9.17) is 4.84 Å². The number of carbonyl (C=O) groups is 1. The highest BCUT2D eigenvalue weighted by Gasteiger charge is 2.06. The molecule has 0 amide bonds. The van der Waals surface area contributed by atoms with Crippen molar-refractivity contribution in [3.8, 4) is 0 Å². The quantitative estimate of drug-likeness (QED) is 0.780. The van der Waals surface area contributed by atoms with E-state index in [2.05, 4.69) is 4.98 Å². The van der Waals surface area contributed by atoms with Crippen molar-refractivity contribution in [2.24, 2.45) is 0 Å². The van der Waals surface area contributed by atoms with Crippen LogP contribution >= 0.6 is 0 Å². The predicted octanol–water partition coefficient (Wildman–Crippen LogP) is 1.45. The van der Waals surface area contributed by atoms with Gasteiger partial charge in [-0.25, -0.2) is 9.78 Å². The Hall–Kier alpha value is -2.10. The van der Waals surface area contributed by atoms with Crippen molar-refractivity contribution in [3.63, 3.8) is 0 Å². The van der Waals surface area contributed by atoms with E-state index in [1.54, 1.807) is 12.4 Å². The van der Waals surface area contributed by atoms with Gasteiger partial charge in [0, 0.05) is 19.5 Å². The molecule has 4 heteroatoms. The maximum absolute atomic E-state index is 10.8. The fraction of sp³-hybridized carbons (Fsp3) is 0.167. The maximum atomic E-state index is 10.8. The lowest BCUT2D eigenvalue weighted by molar-refractivity contribution is -0.141. The molecule has 0 aliphatic carbocycles. The number of aromatic nitrogens is 2. The first-order valence-corrected chi connectivity index (χ1v) is 5.01. The minimum absolute atomic E-state index is 0.354. The number of carbonyl (C=O) groups excluding carboxylic acids is 1. The molecule has 0 saturated carbocycles. The van der Waals surface area contributed by atoms with Crippen LogP contribution in [0.1, 0.15) is 18.3 Å². The van der Waals surface area contributed by atoms with Crippen molar-refractivity contribution in [2.75, 3.05) is 0 Å². The molecule has 0 aliphatic rings. The van der Waals surface area contributed by atoms with Crippen molar-refractivity contribution in [3.05, 3.63) is 54.1 Å². The van der Waals surface area contributed by atoms with Crippen LogP contribution in [-0.4, -0.2) is 15.7 Å². The Bertz CT molecular complexity index is 477. The largest absolute Gasteiger partial charge is 0.336 e. The predicted molar refractivity (Wildman–Crippen MR) is 58.7 cm³/mol. The Labute approximate surface area is 93.5 Å². The zero-order chi connectivity index (χ0) is 11.4. The van der Waals surface area contributed by atoms with Gasteiger partial charge in [-0.2, -0.15) is 4.73 Å². The van der Waals surface area contributed by atoms with Crippen LogP contribution in [-0.2, 0) is 11.2 Å². The summed E-state index contributed by atoms with van der Waals surface area (Å²) in [5.41, 5.74) is 1.13. The molecule has 4 nitrogen and oxygen atoms in total. The van der Waals surface area contributed by atoms with Crippen LogP contribution in [0, 0.1) is 0 Å². The smallest absolute Gasteiger partial charge is 0.329 e. The lowest BCUT2D eigenvalue weighted by Gasteiger charge is -2.05. The van der Waals surface area contributed by atoms with Crippen LogP contribution in [0.2, 0.25) is 0 Å². The highest BCUT2D eigenvalue weighted by atomic mass is 16.7. The molecule has 1 aromatic carbocycles. The molecule has 2 rings (SSSR count). The number of imidazole rings is 1. The van der Waals surface area contributed by atoms with Gasteiger partial charge in [-0.05, 0) is 5.56 Å². The van der Waals surface area contributed by atoms with Gasteiger partial charge in [-0.3, -0.25) is 0 Å². The topological polar surface area (TPSA) is 44.1 Å². The molecule has 0 unspecified atom stereocenters. The monoisotopic (exact) mass is 216 g/mol. The third-order valence-corrected chi connectivity index (χ3v) is 2.11. The Morgan fingerprint density at radius 1 is 1.38 bits per heavy atom. The van der Waals surface area contributed by atoms with Gasteiger partial charge in [-0.1, -0.05) is 30.3 Å². The molecule has 1 aromatic heterocycles. The van der Waals surface area contributed by atoms with Crippen LogP contribution in [0.5, 0.6) is 0 Å². The van der Waals surface area contributed by atoms with E-state index in [-0.39, 0.29) is 5.97 Å². The zero-order valence-corrected chi connectivity index (χ0v) is 8.96. The van der Waals surface area contributed by atoms with Crippen LogP contribution in [0.15, 0.2) is 42.7 Å². The second-order valence-electron chi connectivity index (χ2n) is 3.41. The summed E-state index contributed by atoms with van der Waals surface area (Å²) in [4.78, 5) is 20.0. The fourth-order valence-corrected chi connectivity index (χ4v) is 1.45. The number of hydrogen-bond acceptors (Lipinski definition) is 3. The lowest BCUT2D eigenvalue weighted by atomic mass is 10.1. The van der Waals surface area contributed by atoms with E-state index >= 15 is 0 Å². The second kappa shape index (κ2) is 4.61. The van der Waals surface area contributed by atoms with E-state index in [0.717, 1.165) is 5.56 Å². The second-order valence-corrected chi connectivity index (χ2v) is 3.41. The number of hydrogen-bond donors (Lipinski definition) is 0. The Morgan fingerprint density at radius 3 is 2.81 bits per heavy atom. The van der Waals surface area contributed by atoms with Gasteiger partial charge < -0.3 is 4.84 Å². The molecule has 16 heavy (non-hydrogen) atoms. The average molecular weight is 216 g/mol. The van der Waals surface area contributed by atoms with Crippen LogP contribution in [0.4, 0.5) is 0 Å². The highest BCUT2D eigenvalue weighted by Crippen LogP contribution is 2.06. The first-order valence-electron chi connectivity index (χ1n) is 5.01. The van der Waals surface area contributed by atoms with Gasteiger partial charge in [0.15, 0.2) is 0 Å². The Morgan fingerprint density at radius 2 is 2.12 bits per heavy atom. The van der Waals surface area contributed by atoms with Crippen molar-refractivity contribution < 1.29 is 9.63 Å². The highest BCUT2D eigenvalue weighted by molar-refractivity contribution is 5.66. The number of rotatable bonds is 3. The first kappa shape index (κ1) is 10.4. The minimum atomic E-state index is -0.354. The average Bonchev–Trinajstić information content (AvgIpc) is 2.66. The molecule has 0 N–H and O–H groups in total. The summed E-state index contributed by atoms with van der Waals surface area (Å²) in [5.74, 6) is 0.355. The van der Waals surface area contributed by atoms with Crippen molar-refractivity contribution >= 4 is 5.97 Å². The van der Waals surface area contributed by atoms with E-state index in [0.29, 0.717) is 12.2 Å². The van der Waals surface area contributed by atoms with Crippen molar-refractivity contribution in [2.45, 2.75) is 13.3 Å². The summed E-state index contributed by atoms with van der Waals surface area (Å²) in [6, 6.07) is 9.91. The minimum Gasteiger partial charge on any atom is -0.336 e. The van der Waals surface area contributed by atoms with E-state index in [1.165, 1.54) is 11.7 Å². The molecule has 1 heterocycles. The third-order valence-electron chi connectivity index (χ3n) is 2.11. The molecule has 0 radical (unpaired) electrons. The Balaban J connectivity index is 2.16. The van der Waals surface area contributed by atoms with Gasteiger partial charge >= 0.3 is 5.97 Å². The molecule has 2 aromatic rings. The fourth-order valence-electron chi connectivity index (χ4n) is 1.45. The Kier molecular flexibility index (Phi) is 3.00. The van der Waals surface area contributed by atoms with Crippen LogP contribution in [0.3, 0.4) is 0 Å². The van der Waals surface area contributed by atoms with Gasteiger partial charge in [0.05, 0.1) is 6.20 Å². The molecule has 0 fully saturated rings. The third kappa shape index (κ3) is 2.48. The number of benzene rings is 1. The van der Waals surface area contributed by atoms with Crippen molar-refractivity contribution in [1.82, 2.24) is 9.71 Å². The summed E-state index contributed by atoms with van der Waals surface area (Å²) < 4.78 is 1.40. The summed E-state index contributed by atoms with van der Waals surface area (Å²) in [6.45, 7) is 1.37. The summed E-state index contributed by atoms with van der Waals surface area (Å²) in [7, 11) is 0. The zero-order valence-electron chi connectivity index (χ0n) is 8.96. The van der Waals surface area contributed by atoms with Crippen LogP contribution in [0.25, 0.3) is 0 Å². The normalized spacial score (nSPS) is 10.1. The summed E-state index contributed by atoms with van der Waals surface area (Å²) >= 11 is 0. The van der Waals surface area contributed by atoms with Crippen molar-refractivity contribution in [1.29, 1.82) is 0 Å². The van der Waals surface area contributed by atoms with Gasteiger partial charge in [0.1, 0.15) is 5.82 Å². The van der Waals surface area contributed by atoms with Crippen LogP contribution < -0.4 is 4.84 Å². The molecule has 0 spiro atoms. The molecule has 0 atom stereocenters. The number of nitrogens with zero attached hydrogens (tertiary/aromatic N) is 2. The molecular formula is C12H12N2O2. The SMILES string of the molecule is CC(=O)On1ccnc1Cc1ccccc1. The van der Waals surface area contributed by atoms with Gasteiger partial charge in [-0.15, -0.1) is 0 Å². The van der Waals surface area contributed by atoms with Gasteiger partial charge in [0.25, 0.3) is 0 Å². The maximum Gasteiger partial charge on any atom is 0.329 e. The lowest BCUT2D eigenvalue weighted by Crippen LogP contribution is -2.18.